The number of unbranched alkanes of at least 4 members (excludes halogenated alkanes) is 4. The minimum absolute atomic E-state index is 0.0864. The number of hydrogen-bond acceptors (Lipinski definition) is 5. The summed E-state index contributed by atoms with van der Waals surface area (Å²) in [5.41, 5.74) is -1.88. The summed E-state index contributed by atoms with van der Waals surface area (Å²) in [5.74, 6) is -0.861. The summed E-state index contributed by atoms with van der Waals surface area (Å²) in [6, 6.07) is 0. The lowest BCUT2D eigenvalue weighted by Gasteiger charge is -2.59. The quantitative estimate of drug-likeness (QED) is 0.397. The highest BCUT2D eigenvalue weighted by molar-refractivity contribution is 5.88. The molecule has 158 valence electrons. The first kappa shape index (κ1) is 21.4. The number of carbonyl (C=O) groups is 2. The van der Waals surface area contributed by atoms with Crippen LogP contribution in [0.15, 0.2) is 11.6 Å². The second kappa shape index (κ2) is 7.81. The molecule has 1 N–H and O–H groups in total. The molecule has 4 unspecified atom stereocenters. The Labute approximate surface area is 168 Å². The number of hydrogen-bond donors (Lipinski definition) is 1. The Morgan fingerprint density at radius 3 is 2.64 bits per heavy atom. The summed E-state index contributed by atoms with van der Waals surface area (Å²) in [7, 11) is 0. The standard InChI is InChI=1S/C23H36O5/c1-5-6-7-8-9-11-18(24)28-17-14-16-15-27-20(25)23(16,26)22(4)13-10-12-21(2,3)19(17)22/h14,17,19,26H,5-13,15H2,1-4H3. The molecule has 5 nitrogen and oxygen atoms in total. The normalized spacial score (nSPS) is 36.2. The van der Waals surface area contributed by atoms with Gasteiger partial charge in [0.1, 0.15) is 12.7 Å². The highest BCUT2D eigenvalue weighted by Crippen LogP contribution is 2.63. The average molecular weight is 393 g/mol. The molecule has 0 aromatic carbocycles. The molecule has 2 aliphatic carbocycles. The molecule has 1 aliphatic heterocycles. The number of ether oxygens (including phenoxy) is 2. The molecule has 3 rings (SSSR count). The molecule has 2 fully saturated rings. The van der Waals surface area contributed by atoms with Crippen LogP contribution in [-0.2, 0) is 19.1 Å². The third-order valence-electron chi connectivity index (χ3n) is 7.44. The van der Waals surface area contributed by atoms with Gasteiger partial charge in [0.25, 0.3) is 0 Å². The molecule has 4 atom stereocenters. The number of cyclic esters (lactones) is 1. The fourth-order valence-corrected chi connectivity index (χ4v) is 6.03. The van der Waals surface area contributed by atoms with Crippen molar-refractivity contribution in [3.63, 3.8) is 0 Å². The SMILES string of the molecule is CCCCCCCC(=O)OC1C=C2COC(=O)C2(O)C2(C)CCCC(C)(C)C12. The lowest BCUT2D eigenvalue weighted by molar-refractivity contribution is -0.196. The van der Waals surface area contributed by atoms with Gasteiger partial charge in [0.15, 0.2) is 5.60 Å². The van der Waals surface area contributed by atoms with Crippen LogP contribution in [0, 0.1) is 16.7 Å². The Morgan fingerprint density at radius 1 is 1.21 bits per heavy atom. The minimum Gasteiger partial charge on any atom is -0.459 e. The lowest BCUT2D eigenvalue weighted by atomic mass is 9.46. The van der Waals surface area contributed by atoms with Crippen LogP contribution in [0.2, 0.25) is 0 Å². The maximum absolute atomic E-state index is 12.6. The number of carbonyl (C=O) groups excluding carboxylic acids is 2. The molecule has 5 heteroatoms. The summed E-state index contributed by atoms with van der Waals surface area (Å²) in [5, 5.41) is 11.5. The molecule has 0 aromatic rings. The largest absolute Gasteiger partial charge is 0.459 e. The Hall–Kier alpha value is -1.36. The van der Waals surface area contributed by atoms with Gasteiger partial charge in [0.2, 0.25) is 0 Å². The molecule has 0 bridgehead atoms. The maximum atomic E-state index is 12.6. The minimum atomic E-state index is -1.60. The van der Waals surface area contributed by atoms with Crippen molar-refractivity contribution in [2.24, 2.45) is 16.7 Å². The van der Waals surface area contributed by atoms with E-state index in [1.807, 2.05) is 6.92 Å². The molecule has 1 saturated heterocycles. The van der Waals surface area contributed by atoms with E-state index in [2.05, 4.69) is 20.8 Å². The molecule has 0 spiro atoms. The van der Waals surface area contributed by atoms with Crippen molar-refractivity contribution in [1.82, 2.24) is 0 Å². The zero-order valence-corrected chi connectivity index (χ0v) is 17.9. The van der Waals surface area contributed by atoms with E-state index in [9.17, 15) is 14.7 Å². The van der Waals surface area contributed by atoms with Crippen LogP contribution >= 0.6 is 0 Å². The van der Waals surface area contributed by atoms with Gasteiger partial charge in [-0.05, 0) is 30.8 Å². The molecule has 1 saturated carbocycles. The maximum Gasteiger partial charge on any atom is 0.343 e. The summed E-state index contributed by atoms with van der Waals surface area (Å²) in [4.78, 5) is 25.1. The average Bonchev–Trinajstić information content (AvgIpc) is 2.90. The summed E-state index contributed by atoms with van der Waals surface area (Å²) >= 11 is 0. The number of esters is 2. The van der Waals surface area contributed by atoms with Gasteiger partial charge in [-0.2, -0.15) is 0 Å². The Morgan fingerprint density at radius 2 is 1.93 bits per heavy atom. The van der Waals surface area contributed by atoms with Gasteiger partial charge in [-0.3, -0.25) is 4.79 Å². The second-order valence-corrected chi connectivity index (χ2v) is 9.83. The zero-order valence-electron chi connectivity index (χ0n) is 17.9. The van der Waals surface area contributed by atoms with Crippen molar-refractivity contribution in [3.05, 3.63) is 11.6 Å². The van der Waals surface area contributed by atoms with Crippen molar-refractivity contribution >= 4 is 11.9 Å². The van der Waals surface area contributed by atoms with Gasteiger partial charge in [0, 0.05) is 23.3 Å². The Kier molecular flexibility index (Phi) is 5.96. The molecular weight excluding hydrogens is 356 g/mol. The smallest absolute Gasteiger partial charge is 0.343 e. The van der Waals surface area contributed by atoms with Crippen LogP contribution in [0.4, 0.5) is 0 Å². The van der Waals surface area contributed by atoms with Crippen LogP contribution in [0.25, 0.3) is 0 Å². The van der Waals surface area contributed by atoms with Crippen LogP contribution in [-0.4, -0.2) is 35.4 Å². The van der Waals surface area contributed by atoms with E-state index in [4.69, 9.17) is 9.47 Å². The molecule has 0 radical (unpaired) electrons. The van der Waals surface area contributed by atoms with Gasteiger partial charge in [-0.1, -0.05) is 59.8 Å². The molecule has 0 amide bonds. The second-order valence-electron chi connectivity index (χ2n) is 9.83. The lowest BCUT2D eigenvalue weighted by Crippen LogP contribution is -2.65. The zero-order chi connectivity index (χ0) is 20.6. The molecule has 1 heterocycles. The van der Waals surface area contributed by atoms with E-state index in [0.29, 0.717) is 12.0 Å². The van der Waals surface area contributed by atoms with E-state index in [1.54, 1.807) is 6.08 Å². The van der Waals surface area contributed by atoms with Crippen LogP contribution in [0.5, 0.6) is 0 Å². The monoisotopic (exact) mass is 392 g/mol. The Balaban J connectivity index is 1.81. The van der Waals surface area contributed by atoms with Crippen molar-refractivity contribution in [1.29, 1.82) is 0 Å². The molecule has 0 aromatic heterocycles. The molecule has 3 aliphatic rings. The van der Waals surface area contributed by atoms with Gasteiger partial charge in [-0.15, -0.1) is 0 Å². The van der Waals surface area contributed by atoms with Gasteiger partial charge in [0.05, 0.1) is 0 Å². The van der Waals surface area contributed by atoms with Crippen molar-refractivity contribution < 1.29 is 24.2 Å². The summed E-state index contributed by atoms with van der Waals surface area (Å²) < 4.78 is 11.2. The van der Waals surface area contributed by atoms with E-state index >= 15 is 0 Å². The van der Waals surface area contributed by atoms with Crippen LogP contribution in [0.3, 0.4) is 0 Å². The van der Waals surface area contributed by atoms with Crippen LogP contribution < -0.4 is 0 Å². The van der Waals surface area contributed by atoms with Crippen molar-refractivity contribution in [2.45, 2.75) is 97.2 Å². The Bertz CT molecular complexity index is 651. The van der Waals surface area contributed by atoms with Crippen LogP contribution in [0.1, 0.15) is 85.5 Å². The predicted molar refractivity (Wildman–Crippen MR) is 106 cm³/mol. The third-order valence-corrected chi connectivity index (χ3v) is 7.44. The number of fused-ring (bicyclic) bond motifs is 3. The summed E-state index contributed by atoms with van der Waals surface area (Å²) in [6.07, 6.45) is 9.85. The van der Waals surface area contributed by atoms with Crippen molar-refractivity contribution in [2.75, 3.05) is 6.61 Å². The first-order chi connectivity index (χ1) is 13.2. The van der Waals surface area contributed by atoms with E-state index in [-0.39, 0.29) is 23.9 Å². The van der Waals surface area contributed by atoms with Gasteiger partial charge >= 0.3 is 11.9 Å². The number of rotatable bonds is 7. The first-order valence-corrected chi connectivity index (χ1v) is 11.0. The molecular formula is C23H36O5. The molecule has 28 heavy (non-hydrogen) atoms. The number of aliphatic hydroxyl groups is 1. The highest BCUT2D eigenvalue weighted by Gasteiger charge is 2.69. The third kappa shape index (κ3) is 3.40. The fraction of sp³-hybridized carbons (Fsp3) is 0.826. The van der Waals surface area contributed by atoms with Crippen molar-refractivity contribution in [3.8, 4) is 0 Å². The van der Waals surface area contributed by atoms with Gasteiger partial charge in [-0.25, -0.2) is 4.79 Å². The first-order valence-electron chi connectivity index (χ1n) is 11.0. The van der Waals surface area contributed by atoms with E-state index in [0.717, 1.165) is 38.5 Å². The highest BCUT2D eigenvalue weighted by atomic mass is 16.6. The topological polar surface area (TPSA) is 72.8 Å². The van der Waals surface area contributed by atoms with E-state index < -0.39 is 23.1 Å². The van der Waals surface area contributed by atoms with E-state index in [1.165, 1.54) is 12.8 Å². The summed E-state index contributed by atoms with van der Waals surface area (Å²) in [6.45, 7) is 8.55. The predicted octanol–water partition coefficient (Wildman–Crippen LogP) is 4.32. The fourth-order valence-electron chi connectivity index (χ4n) is 6.03. The van der Waals surface area contributed by atoms with Gasteiger partial charge < -0.3 is 14.6 Å².